The Balaban J connectivity index is 1.45. The Morgan fingerprint density at radius 3 is 2.68 bits per heavy atom. The molecule has 1 amide bonds. The first kappa shape index (κ1) is 27.0. The van der Waals surface area contributed by atoms with Gasteiger partial charge in [-0.1, -0.05) is 36.3 Å². The van der Waals surface area contributed by atoms with Crippen LogP contribution in [0.5, 0.6) is 0 Å². The minimum atomic E-state index is -4.49. The molecule has 0 bridgehead atoms. The van der Waals surface area contributed by atoms with Crippen molar-refractivity contribution >= 4 is 11.6 Å². The maximum Gasteiger partial charge on any atom is 0.416 e. The van der Waals surface area contributed by atoms with E-state index in [1.165, 1.54) is 41.0 Å². The van der Waals surface area contributed by atoms with Crippen molar-refractivity contribution < 1.29 is 18.0 Å². The third kappa shape index (κ3) is 7.50. The Bertz CT molecular complexity index is 1120. The van der Waals surface area contributed by atoms with E-state index in [4.69, 9.17) is 6.42 Å². The molecule has 5 nitrogen and oxygen atoms in total. The molecule has 8 heteroatoms. The van der Waals surface area contributed by atoms with Crippen molar-refractivity contribution in [1.29, 1.82) is 0 Å². The molecule has 0 saturated heterocycles. The molecule has 2 aromatic carbocycles. The smallest absolute Gasteiger partial charge is 0.376 e. The number of hydrogen-bond acceptors (Lipinski definition) is 4. The van der Waals surface area contributed by atoms with Crippen LogP contribution in [0.1, 0.15) is 35.1 Å². The zero-order valence-electron chi connectivity index (χ0n) is 21.4. The van der Waals surface area contributed by atoms with E-state index < -0.39 is 11.7 Å². The number of nitrogens with zero attached hydrogens (tertiary/aromatic N) is 3. The first-order valence-electron chi connectivity index (χ1n) is 12.9. The number of anilines is 1. The average Bonchev–Trinajstić information content (AvgIpc) is 3.68. The molecule has 1 heterocycles. The number of likely N-dealkylation sites (N-methyl/N-ethyl adjacent to an activating group) is 1. The molecule has 1 aliphatic heterocycles. The van der Waals surface area contributed by atoms with Crippen LogP contribution in [0.4, 0.5) is 18.9 Å². The van der Waals surface area contributed by atoms with Crippen LogP contribution in [0.3, 0.4) is 0 Å². The quantitative estimate of drug-likeness (QED) is 0.451. The van der Waals surface area contributed by atoms with Gasteiger partial charge >= 0.3 is 6.18 Å². The molecule has 1 aliphatic carbocycles. The number of terminal acetylenes is 1. The van der Waals surface area contributed by atoms with Crippen LogP contribution in [0, 0.1) is 18.3 Å². The Morgan fingerprint density at radius 2 is 1.95 bits per heavy atom. The number of fused-ring (bicyclic) bond motifs is 1. The Labute approximate surface area is 217 Å². The fraction of sp³-hybridized carbons (Fsp3) is 0.483. The summed E-state index contributed by atoms with van der Waals surface area (Å²) in [6.45, 7) is 4.08. The van der Waals surface area contributed by atoms with E-state index in [0.717, 1.165) is 43.7 Å². The lowest BCUT2D eigenvalue weighted by atomic mass is 9.97. The highest BCUT2D eigenvalue weighted by Crippen LogP contribution is 2.34. The van der Waals surface area contributed by atoms with Gasteiger partial charge in [0.1, 0.15) is 0 Å². The van der Waals surface area contributed by atoms with E-state index in [-0.39, 0.29) is 31.1 Å². The van der Waals surface area contributed by atoms with E-state index in [0.29, 0.717) is 13.1 Å². The van der Waals surface area contributed by atoms with Crippen LogP contribution in [0.15, 0.2) is 42.5 Å². The standard InChI is InChI=1S/C29H35F3N4O/c1-3-14-34(2)16-17-36(21-24-7-4-5-9-26(24)29(30,31)32)28(37)18-33-27-10-6-8-23-20-35(15-13-25(23)27)19-22-11-12-22/h1,4-10,22,33H,11-21H2,2H3. The van der Waals surface area contributed by atoms with Gasteiger partial charge in [0.15, 0.2) is 0 Å². The number of nitrogens with one attached hydrogen (secondary N) is 1. The van der Waals surface area contributed by atoms with Gasteiger partial charge in [0.2, 0.25) is 5.91 Å². The monoisotopic (exact) mass is 512 g/mol. The number of carbonyl (C=O) groups is 1. The van der Waals surface area contributed by atoms with Crippen LogP contribution >= 0.6 is 0 Å². The molecule has 0 spiro atoms. The second kappa shape index (κ2) is 12.0. The first-order valence-corrected chi connectivity index (χ1v) is 12.9. The number of benzene rings is 2. The average molecular weight is 513 g/mol. The van der Waals surface area contributed by atoms with E-state index in [1.54, 1.807) is 6.07 Å². The largest absolute Gasteiger partial charge is 0.416 e. The third-order valence-corrected chi connectivity index (χ3v) is 7.14. The summed E-state index contributed by atoms with van der Waals surface area (Å²) < 4.78 is 40.8. The highest BCUT2D eigenvalue weighted by Gasteiger charge is 2.33. The van der Waals surface area contributed by atoms with Crippen molar-refractivity contribution in [2.24, 2.45) is 5.92 Å². The summed E-state index contributed by atoms with van der Waals surface area (Å²) in [6.07, 6.45) is 4.47. The Kier molecular flexibility index (Phi) is 8.78. The first-order chi connectivity index (χ1) is 17.7. The zero-order valence-corrected chi connectivity index (χ0v) is 21.4. The number of alkyl halides is 3. The van der Waals surface area contributed by atoms with Gasteiger partial charge in [-0.2, -0.15) is 13.2 Å². The molecule has 0 aromatic heterocycles. The lowest BCUT2D eigenvalue weighted by Gasteiger charge is -2.30. The van der Waals surface area contributed by atoms with Gasteiger partial charge in [0.25, 0.3) is 0 Å². The van der Waals surface area contributed by atoms with Crippen LogP contribution in [-0.2, 0) is 30.5 Å². The van der Waals surface area contributed by atoms with Crippen LogP contribution in [0.25, 0.3) is 0 Å². The molecule has 0 radical (unpaired) electrons. The molecule has 1 N–H and O–H groups in total. The maximum absolute atomic E-state index is 13.6. The van der Waals surface area contributed by atoms with Gasteiger partial charge in [-0.05, 0) is 61.1 Å². The lowest BCUT2D eigenvalue weighted by Crippen LogP contribution is -2.40. The zero-order chi connectivity index (χ0) is 26.4. The predicted octanol–water partition coefficient (Wildman–Crippen LogP) is 4.48. The Morgan fingerprint density at radius 1 is 1.16 bits per heavy atom. The summed E-state index contributed by atoms with van der Waals surface area (Å²) in [6, 6.07) is 11.5. The van der Waals surface area contributed by atoms with Crippen molar-refractivity contribution in [3.05, 3.63) is 64.7 Å². The molecule has 1 fully saturated rings. The predicted molar refractivity (Wildman–Crippen MR) is 140 cm³/mol. The minimum absolute atomic E-state index is 0.00921. The van der Waals surface area contributed by atoms with E-state index >= 15 is 0 Å². The topological polar surface area (TPSA) is 38.8 Å². The highest BCUT2D eigenvalue weighted by atomic mass is 19.4. The van der Waals surface area contributed by atoms with Crippen molar-refractivity contribution in [2.75, 3.05) is 51.6 Å². The van der Waals surface area contributed by atoms with Crippen LogP contribution in [-0.4, -0.2) is 66.9 Å². The molecule has 2 aliphatic rings. The maximum atomic E-state index is 13.6. The highest BCUT2D eigenvalue weighted by molar-refractivity contribution is 5.81. The molecule has 1 saturated carbocycles. The van der Waals surface area contributed by atoms with Gasteiger partial charge in [-0.15, -0.1) is 6.42 Å². The summed E-state index contributed by atoms with van der Waals surface area (Å²) in [4.78, 5) is 19.2. The molecule has 0 unspecified atom stereocenters. The van der Waals surface area contributed by atoms with E-state index in [2.05, 4.69) is 22.2 Å². The summed E-state index contributed by atoms with van der Waals surface area (Å²) in [7, 11) is 1.83. The molecular formula is C29H35F3N4O. The van der Waals surface area contributed by atoms with E-state index in [1.807, 2.05) is 24.1 Å². The molecule has 37 heavy (non-hydrogen) atoms. The fourth-order valence-electron chi connectivity index (χ4n) is 4.90. The fourth-order valence-corrected chi connectivity index (χ4v) is 4.90. The van der Waals surface area contributed by atoms with Crippen molar-refractivity contribution in [1.82, 2.24) is 14.7 Å². The van der Waals surface area contributed by atoms with Crippen LogP contribution < -0.4 is 5.32 Å². The number of halogens is 3. The molecule has 0 atom stereocenters. The molecule has 198 valence electrons. The number of carbonyl (C=O) groups excluding carboxylic acids is 1. The van der Waals surface area contributed by atoms with Crippen molar-refractivity contribution in [3.8, 4) is 12.3 Å². The molecule has 4 rings (SSSR count). The van der Waals surface area contributed by atoms with Gasteiger partial charge in [0, 0.05) is 45.0 Å². The van der Waals surface area contributed by atoms with Gasteiger partial charge in [-0.25, -0.2) is 0 Å². The molecule has 2 aromatic rings. The number of rotatable bonds is 11. The Hall–Kier alpha value is -3.02. The van der Waals surface area contributed by atoms with E-state index in [9.17, 15) is 18.0 Å². The van der Waals surface area contributed by atoms with Gasteiger partial charge in [0.05, 0.1) is 18.7 Å². The minimum Gasteiger partial charge on any atom is -0.376 e. The lowest BCUT2D eigenvalue weighted by molar-refractivity contribution is -0.139. The number of amides is 1. The second-order valence-corrected chi connectivity index (χ2v) is 10.1. The van der Waals surface area contributed by atoms with Gasteiger partial charge in [-0.3, -0.25) is 14.6 Å². The third-order valence-electron chi connectivity index (χ3n) is 7.14. The second-order valence-electron chi connectivity index (χ2n) is 10.1. The normalized spacial score (nSPS) is 15.8. The summed E-state index contributed by atoms with van der Waals surface area (Å²) in [5.41, 5.74) is 2.79. The van der Waals surface area contributed by atoms with Crippen molar-refractivity contribution in [2.45, 2.75) is 38.5 Å². The van der Waals surface area contributed by atoms with Gasteiger partial charge < -0.3 is 10.2 Å². The van der Waals surface area contributed by atoms with Crippen LogP contribution in [0.2, 0.25) is 0 Å². The number of hydrogen-bond donors (Lipinski definition) is 1. The summed E-state index contributed by atoms with van der Waals surface area (Å²) >= 11 is 0. The SMILES string of the molecule is C#CCN(C)CCN(Cc1ccccc1C(F)(F)F)C(=O)CNc1cccc2c1CCN(CC1CC1)C2. The summed E-state index contributed by atoms with van der Waals surface area (Å²) in [5, 5.41) is 3.29. The van der Waals surface area contributed by atoms with Crippen molar-refractivity contribution in [3.63, 3.8) is 0 Å². The molecular weight excluding hydrogens is 477 g/mol. The summed E-state index contributed by atoms with van der Waals surface area (Å²) in [5.74, 6) is 3.14.